The average Bonchev–Trinajstić information content (AvgIpc) is 3.15. The number of hydrogen-bond acceptors (Lipinski definition) is 5. The van der Waals surface area contributed by atoms with Gasteiger partial charge in [0.2, 0.25) is 0 Å². The predicted molar refractivity (Wildman–Crippen MR) is 91.4 cm³/mol. The summed E-state index contributed by atoms with van der Waals surface area (Å²) in [5.41, 5.74) is 0.962. The lowest BCUT2D eigenvalue weighted by molar-refractivity contribution is -0.121. The molecule has 1 unspecified atom stereocenters. The van der Waals surface area contributed by atoms with Gasteiger partial charge in [-0.25, -0.2) is 0 Å². The Morgan fingerprint density at radius 3 is 2.84 bits per heavy atom. The van der Waals surface area contributed by atoms with Gasteiger partial charge in [0, 0.05) is 31.8 Å². The summed E-state index contributed by atoms with van der Waals surface area (Å²) < 4.78 is 6.92. The highest BCUT2D eigenvalue weighted by Crippen LogP contribution is 2.23. The molecular weight excluding hydrogens is 322 g/mol. The molecule has 1 atom stereocenters. The van der Waals surface area contributed by atoms with Crippen LogP contribution < -0.4 is 10.2 Å². The first-order valence-corrected chi connectivity index (χ1v) is 8.46. The van der Waals surface area contributed by atoms with Gasteiger partial charge in [-0.15, -0.1) is 0 Å². The summed E-state index contributed by atoms with van der Waals surface area (Å²) in [5, 5.41) is 11.0. The van der Waals surface area contributed by atoms with Crippen LogP contribution in [-0.4, -0.2) is 39.3 Å². The van der Waals surface area contributed by atoms with Gasteiger partial charge in [0.05, 0.1) is 5.69 Å². The molecule has 0 saturated carbocycles. The lowest BCUT2D eigenvalue weighted by atomic mass is 10.0. The molecule has 134 valence electrons. The molecule has 1 fully saturated rings. The van der Waals surface area contributed by atoms with Crippen molar-refractivity contribution >= 4 is 17.6 Å². The minimum absolute atomic E-state index is 0.0361. The van der Waals surface area contributed by atoms with Gasteiger partial charge in [-0.05, 0) is 19.8 Å². The fourth-order valence-corrected chi connectivity index (χ4v) is 3.07. The largest absolute Gasteiger partial charge is 0.360 e. The van der Waals surface area contributed by atoms with Crippen molar-refractivity contribution in [2.75, 3.05) is 11.4 Å². The third kappa shape index (κ3) is 3.29. The molecule has 0 spiro atoms. The second-order valence-electron chi connectivity index (χ2n) is 6.67. The number of anilines is 1. The first-order valence-electron chi connectivity index (χ1n) is 8.46. The number of rotatable bonds is 4. The van der Waals surface area contributed by atoms with Gasteiger partial charge in [0.15, 0.2) is 11.6 Å². The Balaban J connectivity index is 1.77. The van der Waals surface area contributed by atoms with Gasteiger partial charge in [-0.3, -0.25) is 19.2 Å². The Morgan fingerprint density at radius 2 is 2.20 bits per heavy atom. The van der Waals surface area contributed by atoms with Crippen LogP contribution in [0.1, 0.15) is 54.4 Å². The van der Waals surface area contributed by atoms with Crippen molar-refractivity contribution in [3.05, 3.63) is 29.3 Å². The Morgan fingerprint density at radius 1 is 1.44 bits per heavy atom. The van der Waals surface area contributed by atoms with Crippen LogP contribution in [0, 0.1) is 6.92 Å². The van der Waals surface area contributed by atoms with Gasteiger partial charge in [0.1, 0.15) is 11.6 Å². The quantitative estimate of drug-likeness (QED) is 0.911. The summed E-state index contributed by atoms with van der Waals surface area (Å²) in [6.45, 7) is 6.20. The van der Waals surface area contributed by atoms with E-state index in [2.05, 4.69) is 15.6 Å². The third-order valence-corrected chi connectivity index (χ3v) is 4.36. The highest BCUT2D eigenvalue weighted by Gasteiger charge is 2.33. The molecule has 3 heterocycles. The van der Waals surface area contributed by atoms with Crippen LogP contribution in [0.3, 0.4) is 0 Å². The average molecular weight is 345 g/mol. The van der Waals surface area contributed by atoms with Crippen LogP contribution >= 0.6 is 0 Å². The molecule has 1 saturated heterocycles. The Kier molecular flexibility index (Phi) is 4.61. The van der Waals surface area contributed by atoms with Crippen molar-refractivity contribution in [1.82, 2.24) is 20.3 Å². The third-order valence-electron chi connectivity index (χ3n) is 4.36. The molecule has 25 heavy (non-hydrogen) atoms. The Labute approximate surface area is 146 Å². The molecule has 0 radical (unpaired) electrons. The maximum atomic E-state index is 12.8. The Bertz CT molecular complexity index is 792. The van der Waals surface area contributed by atoms with Gasteiger partial charge in [-0.2, -0.15) is 5.10 Å². The van der Waals surface area contributed by atoms with Crippen molar-refractivity contribution in [3.8, 4) is 0 Å². The zero-order valence-electron chi connectivity index (χ0n) is 14.9. The number of nitrogens with one attached hydrogen (secondary N) is 1. The molecule has 1 N–H and O–H groups in total. The molecule has 8 heteroatoms. The number of carbonyl (C=O) groups is 2. The number of aryl methyl sites for hydroxylation is 2. The zero-order valence-corrected chi connectivity index (χ0v) is 14.9. The molecule has 0 aromatic carbocycles. The molecule has 2 amide bonds. The Hall–Kier alpha value is -2.64. The van der Waals surface area contributed by atoms with Crippen molar-refractivity contribution in [2.24, 2.45) is 7.05 Å². The normalized spacial score (nSPS) is 18.0. The van der Waals surface area contributed by atoms with E-state index in [4.69, 9.17) is 4.52 Å². The van der Waals surface area contributed by atoms with Crippen LogP contribution in [0.15, 0.2) is 16.8 Å². The number of amides is 2. The van der Waals surface area contributed by atoms with Crippen LogP contribution in [0.25, 0.3) is 0 Å². The summed E-state index contributed by atoms with van der Waals surface area (Å²) >= 11 is 0. The molecule has 2 aromatic heterocycles. The summed E-state index contributed by atoms with van der Waals surface area (Å²) in [6.07, 6.45) is 3.20. The zero-order chi connectivity index (χ0) is 18.1. The predicted octanol–water partition coefficient (Wildman–Crippen LogP) is 1.77. The van der Waals surface area contributed by atoms with E-state index in [0.717, 1.165) is 6.42 Å². The summed E-state index contributed by atoms with van der Waals surface area (Å²) in [6, 6.07) is 1.22. The van der Waals surface area contributed by atoms with Gasteiger partial charge < -0.3 is 9.84 Å². The van der Waals surface area contributed by atoms with Crippen LogP contribution in [0.5, 0.6) is 0 Å². The fraction of sp³-hybridized carbons (Fsp3) is 0.529. The number of hydrogen-bond donors (Lipinski definition) is 1. The van der Waals surface area contributed by atoms with E-state index >= 15 is 0 Å². The fourth-order valence-electron chi connectivity index (χ4n) is 3.07. The second-order valence-corrected chi connectivity index (χ2v) is 6.67. The molecule has 0 bridgehead atoms. The molecule has 1 aliphatic heterocycles. The van der Waals surface area contributed by atoms with E-state index in [1.54, 1.807) is 35.8 Å². The minimum Gasteiger partial charge on any atom is -0.360 e. The molecule has 3 rings (SSSR count). The standard InChI is InChI=1S/C17H23N5O3/c1-10(2)15-14(11(3)20-25-15)16(23)18-12-6-5-8-22(17(12)24)13-7-9-21(4)19-13/h7,9-10,12H,5-6,8H2,1-4H3,(H,18,23). The van der Waals surface area contributed by atoms with E-state index < -0.39 is 6.04 Å². The van der Waals surface area contributed by atoms with Gasteiger partial charge in [-0.1, -0.05) is 19.0 Å². The van der Waals surface area contributed by atoms with Crippen LogP contribution in [0.2, 0.25) is 0 Å². The maximum Gasteiger partial charge on any atom is 0.257 e. The monoisotopic (exact) mass is 345 g/mol. The van der Waals surface area contributed by atoms with E-state index in [9.17, 15) is 9.59 Å². The van der Waals surface area contributed by atoms with Crippen molar-refractivity contribution in [1.29, 1.82) is 0 Å². The topological polar surface area (TPSA) is 93.3 Å². The molecule has 2 aromatic rings. The van der Waals surface area contributed by atoms with E-state index in [1.165, 1.54) is 0 Å². The number of aromatic nitrogens is 3. The number of carbonyl (C=O) groups excluding carboxylic acids is 2. The molecule has 8 nitrogen and oxygen atoms in total. The van der Waals surface area contributed by atoms with E-state index in [-0.39, 0.29) is 17.7 Å². The smallest absolute Gasteiger partial charge is 0.257 e. The van der Waals surface area contributed by atoms with Crippen molar-refractivity contribution in [2.45, 2.75) is 45.6 Å². The summed E-state index contributed by atoms with van der Waals surface area (Å²) in [5.74, 6) is 0.728. The SMILES string of the molecule is Cc1noc(C(C)C)c1C(=O)NC1CCCN(c2ccn(C)n2)C1=O. The lowest BCUT2D eigenvalue weighted by Gasteiger charge is -2.31. The number of nitrogens with zero attached hydrogens (tertiary/aromatic N) is 4. The highest BCUT2D eigenvalue weighted by molar-refractivity contribution is 6.03. The van der Waals surface area contributed by atoms with Gasteiger partial charge in [0.25, 0.3) is 11.8 Å². The first kappa shape index (κ1) is 17.2. The summed E-state index contributed by atoms with van der Waals surface area (Å²) in [4.78, 5) is 27.1. The maximum absolute atomic E-state index is 12.8. The first-order chi connectivity index (χ1) is 11.9. The highest BCUT2D eigenvalue weighted by atomic mass is 16.5. The molecule has 0 aliphatic carbocycles. The molecule has 1 aliphatic rings. The van der Waals surface area contributed by atoms with Crippen molar-refractivity contribution in [3.63, 3.8) is 0 Å². The second kappa shape index (κ2) is 6.70. The lowest BCUT2D eigenvalue weighted by Crippen LogP contribution is -2.52. The summed E-state index contributed by atoms with van der Waals surface area (Å²) in [7, 11) is 1.80. The van der Waals surface area contributed by atoms with Crippen LogP contribution in [-0.2, 0) is 11.8 Å². The van der Waals surface area contributed by atoms with Crippen LogP contribution in [0.4, 0.5) is 5.82 Å². The van der Waals surface area contributed by atoms with Crippen molar-refractivity contribution < 1.29 is 14.1 Å². The van der Waals surface area contributed by atoms with E-state index in [1.807, 2.05) is 13.8 Å². The van der Waals surface area contributed by atoms with E-state index in [0.29, 0.717) is 35.8 Å². The minimum atomic E-state index is -0.572. The number of piperidine rings is 1. The molecular formula is C17H23N5O3. The van der Waals surface area contributed by atoms with Gasteiger partial charge >= 0.3 is 0 Å².